The highest BCUT2D eigenvalue weighted by molar-refractivity contribution is 5.88. The summed E-state index contributed by atoms with van der Waals surface area (Å²) in [6.07, 6.45) is 0.622. The molecule has 0 saturated carbocycles. The molecule has 0 aromatic carbocycles. The Balaban J connectivity index is 2.90. The molecular formula is C11H15N3O4. The maximum atomic E-state index is 11.7. The van der Waals surface area contributed by atoms with E-state index in [0.717, 1.165) is 4.90 Å². The van der Waals surface area contributed by atoms with Crippen molar-refractivity contribution < 1.29 is 19.4 Å². The molecule has 1 heterocycles. The number of rotatable bonds is 2. The van der Waals surface area contributed by atoms with E-state index in [4.69, 9.17) is 9.84 Å². The highest BCUT2D eigenvalue weighted by Gasteiger charge is 2.22. The lowest BCUT2D eigenvalue weighted by molar-refractivity contribution is 0.0584. The monoisotopic (exact) mass is 253 g/mol. The van der Waals surface area contributed by atoms with Crippen LogP contribution in [0.25, 0.3) is 0 Å². The minimum Gasteiger partial charge on any atom is -0.477 e. The van der Waals surface area contributed by atoms with Crippen molar-refractivity contribution in [3.63, 3.8) is 0 Å². The zero-order chi connectivity index (χ0) is 13.9. The summed E-state index contributed by atoms with van der Waals surface area (Å²) >= 11 is 0. The standard InChI is InChI=1S/C11H15N3O4/c1-11(2,3)18-10(17)14(4)9-12-6-5-7(13-9)8(15)16/h5-6H,1-4H3,(H,15,16). The van der Waals surface area contributed by atoms with Gasteiger partial charge < -0.3 is 9.84 Å². The maximum Gasteiger partial charge on any atom is 0.416 e. The van der Waals surface area contributed by atoms with Crippen LogP contribution in [-0.4, -0.2) is 39.8 Å². The fourth-order valence-electron chi connectivity index (χ4n) is 1.04. The van der Waals surface area contributed by atoms with Gasteiger partial charge in [0, 0.05) is 13.2 Å². The lowest BCUT2D eigenvalue weighted by atomic mass is 10.2. The summed E-state index contributed by atoms with van der Waals surface area (Å²) in [5.41, 5.74) is -0.828. The summed E-state index contributed by atoms with van der Waals surface area (Å²) in [5.74, 6) is -1.21. The van der Waals surface area contributed by atoms with Crippen LogP contribution < -0.4 is 4.90 Å². The molecule has 7 nitrogen and oxygen atoms in total. The number of amides is 1. The minimum atomic E-state index is -1.18. The molecule has 0 unspecified atom stereocenters. The van der Waals surface area contributed by atoms with Crippen LogP contribution in [0.1, 0.15) is 31.3 Å². The summed E-state index contributed by atoms with van der Waals surface area (Å²) in [6, 6.07) is 1.24. The van der Waals surface area contributed by atoms with Gasteiger partial charge in [0.15, 0.2) is 5.69 Å². The average molecular weight is 253 g/mol. The van der Waals surface area contributed by atoms with Gasteiger partial charge in [-0.25, -0.2) is 24.5 Å². The number of anilines is 1. The van der Waals surface area contributed by atoms with Crippen molar-refractivity contribution in [2.75, 3.05) is 11.9 Å². The minimum absolute atomic E-state index is 0.0239. The molecule has 0 aliphatic heterocycles. The Hall–Kier alpha value is -2.18. The fourth-order valence-corrected chi connectivity index (χ4v) is 1.04. The Morgan fingerprint density at radius 1 is 1.39 bits per heavy atom. The van der Waals surface area contributed by atoms with E-state index in [0.29, 0.717) is 0 Å². The van der Waals surface area contributed by atoms with Crippen LogP contribution >= 0.6 is 0 Å². The lowest BCUT2D eigenvalue weighted by Gasteiger charge is -2.23. The zero-order valence-corrected chi connectivity index (χ0v) is 10.7. The summed E-state index contributed by atoms with van der Waals surface area (Å²) in [7, 11) is 1.41. The second-order valence-electron chi connectivity index (χ2n) is 4.59. The predicted molar refractivity (Wildman–Crippen MR) is 63.6 cm³/mol. The van der Waals surface area contributed by atoms with Crippen LogP contribution in [0, 0.1) is 0 Å². The third kappa shape index (κ3) is 3.69. The van der Waals surface area contributed by atoms with Crippen LogP contribution in [0.15, 0.2) is 12.3 Å². The number of ether oxygens (including phenoxy) is 1. The molecule has 0 fully saturated rings. The first-order chi connectivity index (χ1) is 8.20. The predicted octanol–water partition coefficient (Wildman–Crippen LogP) is 1.55. The lowest BCUT2D eigenvalue weighted by Crippen LogP contribution is -2.35. The SMILES string of the molecule is CN(C(=O)OC(C)(C)C)c1nccc(C(=O)O)n1. The molecule has 0 saturated heterocycles. The van der Waals surface area contributed by atoms with E-state index in [2.05, 4.69) is 9.97 Å². The van der Waals surface area contributed by atoms with E-state index in [1.165, 1.54) is 19.3 Å². The molecular weight excluding hydrogens is 238 g/mol. The number of hydrogen-bond acceptors (Lipinski definition) is 5. The first kappa shape index (κ1) is 13.9. The van der Waals surface area contributed by atoms with Gasteiger partial charge in [-0.15, -0.1) is 0 Å². The number of hydrogen-bond donors (Lipinski definition) is 1. The summed E-state index contributed by atoms with van der Waals surface area (Å²) in [6.45, 7) is 5.19. The molecule has 18 heavy (non-hydrogen) atoms. The second-order valence-corrected chi connectivity index (χ2v) is 4.59. The molecule has 1 amide bonds. The van der Waals surface area contributed by atoms with Crippen molar-refractivity contribution in [1.82, 2.24) is 9.97 Å². The maximum absolute atomic E-state index is 11.7. The van der Waals surface area contributed by atoms with Gasteiger partial charge in [-0.2, -0.15) is 0 Å². The van der Waals surface area contributed by atoms with E-state index in [9.17, 15) is 9.59 Å². The fraction of sp³-hybridized carbons (Fsp3) is 0.455. The molecule has 0 radical (unpaired) electrons. The topological polar surface area (TPSA) is 92.6 Å². The van der Waals surface area contributed by atoms with Crippen molar-refractivity contribution in [3.05, 3.63) is 18.0 Å². The Morgan fingerprint density at radius 3 is 2.50 bits per heavy atom. The van der Waals surface area contributed by atoms with E-state index >= 15 is 0 Å². The van der Waals surface area contributed by atoms with Gasteiger partial charge in [0.05, 0.1) is 0 Å². The van der Waals surface area contributed by atoms with E-state index in [1.807, 2.05) is 0 Å². The molecule has 0 aliphatic rings. The van der Waals surface area contributed by atoms with Gasteiger partial charge >= 0.3 is 12.1 Å². The zero-order valence-electron chi connectivity index (χ0n) is 10.7. The Labute approximate surface area is 104 Å². The summed E-state index contributed by atoms with van der Waals surface area (Å²) < 4.78 is 5.11. The Kier molecular flexibility index (Phi) is 3.85. The summed E-state index contributed by atoms with van der Waals surface area (Å²) in [5, 5.41) is 8.79. The van der Waals surface area contributed by atoms with Crippen LogP contribution in [0.4, 0.5) is 10.7 Å². The van der Waals surface area contributed by atoms with Crippen LogP contribution in [0.2, 0.25) is 0 Å². The van der Waals surface area contributed by atoms with E-state index in [1.54, 1.807) is 20.8 Å². The first-order valence-electron chi connectivity index (χ1n) is 5.24. The van der Waals surface area contributed by atoms with Crippen LogP contribution in [0.3, 0.4) is 0 Å². The molecule has 98 valence electrons. The van der Waals surface area contributed by atoms with Crippen molar-refractivity contribution in [2.45, 2.75) is 26.4 Å². The second kappa shape index (κ2) is 4.99. The van der Waals surface area contributed by atoms with E-state index in [-0.39, 0.29) is 11.6 Å². The highest BCUT2D eigenvalue weighted by Crippen LogP contribution is 2.12. The van der Waals surface area contributed by atoms with Gasteiger partial charge in [0.25, 0.3) is 0 Å². The number of carbonyl (C=O) groups is 2. The number of carboxylic acid groups (broad SMARTS) is 1. The molecule has 1 rings (SSSR count). The molecule has 0 atom stereocenters. The Bertz CT molecular complexity index is 468. The van der Waals surface area contributed by atoms with Gasteiger partial charge in [-0.3, -0.25) is 0 Å². The first-order valence-corrected chi connectivity index (χ1v) is 5.24. The van der Waals surface area contributed by atoms with Crippen LogP contribution in [-0.2, 0) is 4.74 Å². The van der Waals surface area contributed by atoms with E-state index < -0.39 is 17.7 Å². The molecule has 1 aromatic heterocycles. The number of carbonyl (C=O) groups excluding carboxylic acids is 1. The number of carboxylic acids is 1. The number of nitrogens with zero attached hydrogens (tertiary/aromatic N) is 3. The smallest absolute Gasteiger partial charge is 0.416 e. The highest BCUT2D eigenvalue weighted by atomic mass is 16.6. The molecule has 1 N–H and O–H groups in total. The quantitative estimate of drug-likeness (QED) is 0.859. The van der Waals surface area contributed by atoms with Crippen molar-refractivity contribution >= 4 is 18.0 Å². The normalized spacial score (nSPS) is 10.9. The molecule has 7 heteroatoms. The van der Waals surface area contributed by atoms with Crippen molar-refractivity contribution in [3.8, 4) is 0 Å². The molecule has 0 bridgehead atoms. The Morgan fingerprint density at radius 2 is 2.00 bits per heavy atom. The number of aromatic carboxylic acids is 1. The molecule has 1 aromatic rings. The molecule has 0 spiro atoms. The van der Waals surface area contributed by atoms with Crippen molar-refractivity contribution in [1.29, 1.82) is 0 Å². The van der Waals surface area contributed by atoms with Gasteiger partial charge in [-0.05, 0) is 26.8 Å². The number of aromatic nitrogens is 2. The van der Waals surface area contributed by atoms with Crippen molar-refractivity contribution in [2.24, 2.45) is 0 Å². The summed E-state index contributed by atoms with van der Waals surface area (Å²) in [4.78, 5) is 31.1. The van der Waals surface area contributed by atoms with Crippen LogP contribution in [0.5, 0.6) is 0 Å². The van der Waals surface area contributed by atoms with Gasteiger partial charge in [-0.1, -0.05) is 0 Å². The van der Waals surface area contributed by atoms with Gasteiger partial charge in [0.2, 0.25) is 5.95 Å². The largest absolute Gasteiger partial charge is 0.477 e. The molecule has 0 aliphatic carbocycles. The van der Waals surface area contributed by atoms with Gasteiger partial charge in [0.1, 0.15) is 5.60 Å². The third-order valence-electron chi connectivity index (χ3n) is 1.83. The third-order valence-corrected chi connectivity index (χ3v) is 1.83. The average Bonchev–Trinajstić information content (AvgIpc) is 2.26.